The molecule has 33 heavy (non-hydrogen) atoms. The van der Waals surface area contributed by atoms with E-state index in [-0.39, 0.29) is 12.1 Å². The summed E-state index contributed by atoms with van der Waals surface area (Å²) in [5, 5.41) is 15.3. The van der Waals surface area contributed by atoms with Gasteiger partial charge in [-0.2, -0.15) is 5.10 Å². The Bertz CT molecular complexity index is 1190. The van der Waals surface area contributed by atoms with Crippen molar-refractivity contribution < 1.29 is 19.2 Å². The topological polar surface area (TPSA) is 103 Å². The van der Waals surface area contributed by atoms with E-state index in [0.29, 0.717) is 34.3 Å². The second-order valence-corrected chi connectivity index (χ2v) is 8.46. The number of para-hydroxylation sites is 1. The van der Waals surface area contributed by atoms with Crippen molar-refractivity contribution in [3.8, 4) is 11.5 Å². The van der Waals surface area contributed by atoms with Gasteiger partial charge in [0.1, 0.15) is 6.61 Å². The molecular weight excluding hydrogens is 561 g/mol. The van der Waals surface area contributed by atoms with Crippen molar-refractivity contribution in [2.45, 2.75) is 13.0 Å². The Morgan fingerprint density at radius 1 is 1.21 bits per heavy atom. The second-order valence-electron chi connectivity index (χ2n) is 6.81. The number of hydrazone groups is 1. The van der Waals surface area contributed by atoms with Gasteiger partial charge in [0.2, 0.25) is 5.91 Å². The molecule has 10 heteroatoms. The van der Waals surface area contributed by atoms with Crippen molar-refractivity contribution in [3.63, 3.8) is 0 Å². The number of hydrogen-bond donors (Lipinski definition) is 1. The molecule has 0 saturated heterocycles. The van der Waals surface area contributed by atoms with Gasteiger partial charge in [-0.15, -0.1) is 0 Å². The van der Waals surface area contributed by atoms with Crippen LogP contribution in [-0.4, -0.2) is 24.2 Å². The molecule has 0 aliphatic carbocycles. The minimum absolute atomic E-state index is 0.117. The van der Waals surface area contributed by atoms with Gasteiger partial charge in [0.25, 0.3) is 5.69 Å². The molecule has 0 radical (unpaired) electrons. The number of nitrogens with zero attached hydrogens (tertiary/aromatic N) is 2. The number of carbonyl (C=O) groups is 1. The van der Waals surface area contributed by atoms with Crippen molar-refractivity contribution in [2.75, 3.05) is 7.11 Å². The SMILES string of the molecule is COc1cc(/C=N/NC(=O)Cc2ccccc2[N+](=O)[O-])cc(Cl)c1OCc1ccc(I)cc1. The first-order valence-electron chi connectivity index (χ1n) is 9.66. The predicted molar refractivity (Wildman–Crippen MR) is 134 cm³/mol. The highest BCUT2D eigenvalue weighted by Crippen LogP contribution is 2.36. The number of nitro benzene ring substituents is 1. The number of amides is 1. The van der Waals surface area contributed by atoms with Crippen LogP contribution >= 0.6 is 34.2 Å². The Hall–Kier alpha value is -3.18. The predicted octanol–water partition coefficient (Wildman–Crippen LogP) is 5.13. The highest BCUT2D eigenvalue weighted by Gasteiger charge is 2.15. The van der Waals surface area contributed by atoms with Crippen LogP contribution in [0.5, 0.6) is 11.5 Å². The fourth-order valence-corrected chi connectivity index (χ4v) is 3.55. The summed E-state index contributed by atoms with van der Waals surface area (Å²) in [6.07, 6.45) is 1.22. The molecule has 3 aromatic carbocycles. The number of nitro groups is 1. The van der Waals surface area contributed by atoms with E-state index < -0.39 is 10.8 Å². The number of hydrogen-bond acceptors (Lipinski definition) is 6. The van der Waals surface area contributed by atoms with Crippen LogP contribution in [0.25, 0.3) is 0 Å². The minimum atomic E-state index is -0.526. The third kappa shape index (κ3) is 6.90. The number of methoxy groups -OCH3 is 1. The molecule has 1 amide bonds. The van der Waals surface area contributed by atoms with E-state index in [9.17, 15) is 14.9 Å². The molecule has 8 nitrogen and oxygen atoms in total. The summed E-state index contributed by atoms with van der Waals surface area (Å²) in [7, 11) is 1.50. The lowest BCUT2D eigenvalue weighted by Gasteiger charge is -2.13. The summed E-state index contributed by atoms with van der Waals surface area (Å²) in [6.45, 7) is 0.322. The lowest BCUT2D eigenvalue weighted by Crippen LogP contribution is -2.20. The zero-order valence-corrected chi connectivity index (χ0v) is 20.4. The lowest BCUT2D eigenvalue weighted by molar-refractivity contribution is -0.385. The van der Waals surface area contributed by atoms with Crippen LogP contribution in [0.2, 0.25) is 5.02 Å². The van der Waals surface area contributed by atoms with Crippen LogP contribution in [0.3, 0.4) is 0 Å². The fourth-order valence-electron chi connectivity index (χ4n) is 2.92. The van der Waals surface area contributed by atoms with Crippen LogP contribution < -0.4 is 14.9 Å². The Labute approximate surface area is 208 Å². The highest BCUT2D eigenvalue weighted by atomic mass is 127. The average molecular weight is 580 g/mol. The van der Waals surface area contributed by atoms with Gasteiger partial charge in [-0.1, -0.05) is 41.9 Å². The average Bonchev–Trinajstić information content (AvgIpc) is 2.79. The van der Waals surface area contributed by atoms with Crippen LogP contribution in [0.4, 0.5) is 5.69 Å². The van der Waals surface area contributed by atoms with Gasteiger partial charge in [-0.25, -0.2) is 5.43 Å². The molecule has 0 bridgehead atoms. The summed E-state index contributed by atoms with van der Waals surface area (Å²) in [4.78, 5) is 22.7. The number of nitrogens with one attached hydrogen (secondary N) is 1. The number of carbonyl (C=O) groups excluding carboxylic acids is 1. The zero-order valence-electron chi connectivity index (χ0n) is 17.5. The van der Waals surface area contributed by atoms with Crippen molar-refractivity contribution in [3.05, 3.63) is 96.1 Å². The molecule has 0 atom stereocenters. The maximum Gasteiger partial charge on any atom is 0.273 e. The zero-order chi connectivity index (χ0) is 23.8. The van der Waals surface area contributed by atoms with Gasteiger partial charge < -0.3 is 9.47 Å². The highest BCUT2D eigenvalue weighted by molar-refractivity contribution is 14.1. The smallest absolute Gasteiger partial charge is 0.273 e. The second kappa shape index (κ2) is 11.6. The van der Waals surface area contributed by atoms with Crippen LogP contribution in [0.1, 0.15) is 16.7 Å². The molecule has 0 unspecified atom stereocenters. The molecule has 0 aliphatic heterocycles. The molecule has 0 heterocycles. The monoisotopic (exact) mass is 579 g/mol. The van der Waals surface area contributed by atoms with Gasteiger partial charge in [0, 0.05) is 15.2 Å². The van der Waals surface area contributed by atoms with E-state index in [2.05, 4.69) is 33.1 Å². The molecule has 3 rings (SSSR count). The third-order valence-electron chi connectivity index (χ3n) is 4.49. The summed E-state index contributed by atoms with van der Waals surface area (Å²) < 4.78 is 12.4. The summed E-state index contributed by atoms with van der Waals surface area (Å²) >= 11 is 8.61. The van der Waals surface area contributed by atoms with E-state index in [1.807, 2.05) is 24.3 Å². The number of rotatable bonds is 9. The van der Waals surface area contributed by atoms with Gasteiger partial charge >= 0.3 is 0 Å². The quantitative estimate of drug-likeness (QED) is 0.164. The molecule has 1 N–H and O–H groups in total. The Morgan fingerprint density at radius 2 is 1.94 bits per heavy atom. The lowest BCUT2D eigenvalue weighted by atomic mass is 10.1. The van der Waals surface area contributed by atoms with Crippen molar-refractivity contribution in [2.24, 2.45) is 5.10 Å². The van der Waals surface area contributed by atoms with Crippen molar-refractivity contribution in [1.29, 1.82) is 0 Å². The summed E-state index contributed by atoms with van der Waals surface area (Å²) in [5.41, 5.74) is 4.10. The van der Waals surface area contributed by atoms with Gasteiger partial charge in [0.15, 0.2) is 11.5 Å². The Kier molecular flexibility index (Phi) is 8.61. The molecule has 170 valence electrons. The number of benzene rings is 3. The first-order valence-corrected chi connectivity index (χ1v) is 11.1. The van der Waals surface area contributed by atoms with Crippen molar-refractivity contribution >= 4 is 52.0 Å². The summed E-state index contributed by atoms with van der Waals surface area (Å²) in [6, 6.07) is 17.3. The van der Waals surface area contributed by atoms with Gasteiger partial charge in [0.05, 0.1) is 29.7 Å². The standard InChI is InChI=1S/C23H19ClIN3O5/c1-32-21-11-16(10-19(24)23(21)33-14-15-6-8-18(25)9-7-15)13-26-27-22(29)12-17-4-2-3-5-20(17)28(30)31/h2-11,13H,12,14H2,1H3,(H,27,29)/b26-13+. The van der Waals surface area contributed by atoms with Gasteiger partial charge in [-0.05, 0) is 58.0 Å². The first-order chi connectivity index (χ1) is 15.9. The Morgan fingerprint density at radius 3 is 2.64 bits per heavy atom. The normalized spacial score (nSPS) is 10.8. The molecule has 0 spiro atoms. The molecule has 0 fully saturated rings. The van der Waals surface area contributed by atoms with E-state index in [0.717, 1.165) is 9.13 Å². The third-order valence-corrected chi connectivity index (χ3v) is 5.49. The van der Waals surface area contributed by atoms with Crippen LogP contribution in [0.15, 0.2) is 65.8 Å². The molecule has 3 aromatic rings. The molecule has 0 aliphatic rings. The molecule has 0 saturated carbocycles. The number of halogens is 2. The minimum Gasteiger partial charge on any atom is -0.493 e. The molecular formula is C23H19ClIN3O5. The Balaban J connectivity index is 1.65. The number of ether oxygens (including phenoxy) is 2. The first kappa shape index (κ1) is 24.5. The fraction of sp³-hybridized carbons (Fsp3) is 0.130. The van der Waals surface area contributed by atoms with Crippen LogP contribution in [0, 0.1) is 13.7 Å². The van der Waals surface area contributed by atoms with E-state index in [1.54, 1.807) is 24.3 Å². The maximum atomic E-state index is 12.1. The van der Waals surface area contributed by atoms with E-state index in [1.165, 1.54) is 25.5 Å². The largest absolute Gasteiger partial charge is 0.493 e. The molecule has 0 aromatic heterocycles. The van der Waals surface area contributed by atoms with E-state index in [4.69, 9.17) is 21.1 Å². The maximum absolute atomic E-state index is 12.1. The summed E-state index contributed by atoms with van der Waals surface area (Å²) in [5.74, 6) is 0.326. The van der Waals surface area contributed by atoms with Crippen molar-refractivity contribution in [1.82, 2.24) is 5.43 Å². The van der Waals surface area contributed by atoms with E-state index >= 15 is 0 Å². The van der Waals surface area contributed by atoms with Gasteiger partial charge in [-0.3, -0.25) is 14.9 Å². The van der Waals surface area contributed by atoms with Crippen LogP contribution in [-0.2, 0) is 17.8 Å².